The Morgan fingerprint density at radius 1 is 1.00 bits per heavy atom. The lowest BCUT2D eigenvalue weighted by Gasteiger charge is -2.20. The lowest BCUT2D eigenvalue weighted by molar-refractivity contribution is -0.117. The minimum Gasteiger partial charge on any atom is -0.294 e. The van der Waals surface area contributed by atoms with E-state index < -0.39 is 31.6 Å². The van der Waals surface area contributed by atoms with Crippen molar-refractivity contribution in [2.24, 2.45) is 7.05 Å². The molecular formula is C18H23N3O6S2. The fraction of sp³-hybridized carbons (Fsp3) is 0.389. The predicted octanol–water partition coefficient (Wildman–Crippen LogP) is 1.40. The highest BCUT2D eigenvalue weighted by atomic mass is 32.2. The van der Waals surface area contributed by atoms with Crippen molar-refractivity contribution in [3.8, 4) is 0 Å². The van der Waals surface area contributed by atoms with Gasteiger partial charge in [-0.1, -0.05) is 12.1 Å². The Bertz CT molecular complexity index is 1160. The molecule has 2 rings (SSSR count). The number of hydrogen-bond acceptors (Lipinski definition) is 7. The molecule has 1 heterocycles. The molecule has 1 amide bonds. The van der Waals surface area contributed by atoms with Gasteiger partial charge in [-0.3, -0.25) is 14.3 Å². The molecule has 0 saturated carbocycles. The molecule has 0 fully saturated rings. The Morgan fingerprint density at radius 3 is 1.97 bits per heavy atom. The standard InChI is InChI=1S/C18H23N3O6S2/c1-12-18(13(2)20(3)19-12)21(29(5,26)27)17(23)11-10-16(22)14-6-8-15(9-7-14)28(4,24)25/h6-9H,10-11H2,1-5H3. The van der Waals surface area contributed by atoms with E-state index in [0.29, 0.717) is 15.7 Å². The number of aryl methyl sites for hydroxylation is 2. The third kappa shape index (κ3) is 5.10. The van der Waals surface area contributed by atoms with Gasteiger partial charge in [0.05, 0.1) is 22.5 Å². The lowest BCUT2D eigenvalue weighted by atomic mass is 10.1. The van der Waals surface area contributed by atoms with Crippen molar-refractivity contribution in [2.75, 3.05) is 16.8 Å². The van der Waals surface area contributed by atoms with Gasteiger partial charge < -0.3 is 0 Å². The summed E-state index contributed by atoms with van der Waals surface area (Å²) < 4.78 is 49.7. The molecule has 1 aromatic heterocycles. The number of rotatable bonds is 7. The van der Waals surface area contributed by atoms with E-state index in [0.717, 1.165) is 12.5 Å². The number of hydrogen-bond donors (Lipinski definition) is 0. The van der Waals surface area contributed by atoms with Crippen LogP contribution in [-0.2, 0) is 31.7 Å². The molecule has 0 aliphatic rings. The average Bonchev–Trinajstić information content (AvgIpc) is 2.84. The van der Waals surface area contributed by atoms with Gasteiger partial charge in [0.2, 0.25) is 15.9 Å². The highest BCUT2D eigenvalue weighted by Gasteiger charge is 2.30. The van der Waals surface area contributed by atoms with E-state index in [-0.39, 0.29) is 29.0 Å². The molecule has 158 valence electrons. The van der Waals surface area contributed by atoms with Crippen LogP contribution in [0.4, 0.5) is 5.69 Å². The van der Waals surface area contributed by atoms with Crippen LogP contribution in [0.25, 0.3) is 0 Å². The Labute approximate surface area is 170 Å². The zero-order chi connectivity index (χ0) is 22.1. The van der Waals surface area contributed by atoms with Crippen LogP contribution in [0.1, 0.15) is 34.6 Å². The number of sulfone groups is 1. The molecule has 0 radical (unpaired) electrons. The Morgan fingerprint density at radius 2 is 1.55 bits per heavy atom. The zero-order valence-corrected chi connectivity index (χ0v) is 18.5. The van der Waals surface area contributed by atoms with E-state index in [2.05, 4.69) is 5.10 Å². The van der Waals surface area contributed by atoms with Crippen molar-refractivity contribution >= 4 is 37.2 Å². The van der Waals surface area contributed by atoms with Crippen LogP contribution in [0.3, 0.4) is 0 Å². The molecule has 11 heteroatoms. The van der Waals surface area contributed by atoms with Crippen molar-refractivity contribution in [1.29, 1.82) is 0 Å². The van der Waals surface area contributed by atoms with Gasteiger partial charge in [-0.05, 0) is 26.0 Å². The van der Waals surface area contributed by atoms with Crippen LogP contribution < -0.4 is 4.31 Å². The van der Waals surface area contributed by atoms with Gasteiger partial charge in [0.1, 0.15) is 5.69 Å². The second kappa shape index (κ2) is 8.07. The second-order valence-electron chi connectivity index (χ2n) is 6.78. The first kappa shape index (κ1) is 22.8. The van der Waals surface area contributed by atoms with Crippen molar-refractivity contribution < 1.29 is 26.4 Å². The quantitative estimate of drug-likeness (QED) is 0.595. The number of ketones is 1. The Hall–Kier alpha value is -2.53. The summed E-state index contributed by atoms with van der Waals surface area (Å²) >= 11 is 0. The number of amides is 1. The molecular weight excluding hydrogens is 418 g/mol. The van der Waals surface area contributed by atoms with Gasteiger partial charge in [0, 0.05) is 31.7 Å². The third-order valence-electron chi connectivity index (χ3n) is 4.40. The molecule has 0 bridgehead atoms. The lowest BCUT2D eigenvalue weighted by Crippen LogP contribution is -2.37. The van der Waals surface area contributed by atoms with Crippen LogP contribution >= 0.6 is 0 Å². The maximum Gasteiger partial charge on any atom is 0.241 e. The second-order valence-corrected chi connectivity index (χ2v) is 10.6. The van der Waals surface area contributed by atoms with Gasteiger partial charge in [0.15, 0.2) is 15.6 Å². The van der Waals surface area contributed by atoms with Crippen LogP contribution in [0.15, 0.2) is 29.2 Å². The summed E-state index contributed by atoms with van der Waals surface area (Å²) in [7, 11) is -5.67. The fourth-order valence-corrected chi connectivity index (χ4v) is 4.57. The first-order valence-electron chi connectivity index (χ1n) is 8.60. The van der Waals surface area contributed by atoms with Crippen molar-refractivity contribution in [2.45, 2.75) is 31.6 Å². The minimum absolute atomic E-state index is 0.0795. The maximum absolute atomic E-state index is 12.7. The fourth-order valence-electron chi connectivity index (χ4n) is 2.89. The summed E-state index contributed by atoms with van der Waals surface area (Å²) in [6.45, 7) is 3.25. The van der Waals surface area contributed by atoms with Gasteiger partial charge >= 0.3 is 0 Å². The molecule has 0 unspecified atom stereocenters. The number of nitrogens with zero attached hydrogens (tertiary/aromatic N) is 3. The van der Waals surface area contributed by atoms with E-state index in [1.165, 1.54) is 28.9 Å². The molecule has 29 heavy (non-hydrogen) atoms. The summed E-state index contributed by atoms with van der Waals surface area (Å²) in [4.78, 5) is 25.2. The molecule has 0 aliphatic heterocycles. The predicted molar refractivity (Wildman–Crippen MR) is 108 cm³/mol. The molecule has 0 atom stereocenters. The van der Waals surface area contributed by atoms with E-state index in [1.807, 2.05) is 0 Å². The third-order valence-corrected chi connectivity index (χ3v) is 6.58. The number of aromatic nitrogens is 2. The number of carbonyl (C=O) groups is 2. The Balaban J connectivity index is 2.22. The summed E-state index contributed by atoms with van der Waals surface area (Å²) in [5.74, 6) is -1.14. The first-order chi connectivity index (χ1) is 13.2. The molecule has 0 aliphatic carbocycles. The van der Waals surface area contributed by atoms with E-state index in [4.69, 9.17) is 0 Å². The largest absolute Gasteiger partial charge is 0.294 e. The molecule has 9 nitrogen and oxygen atoms in total. The van der Waals surface area contributed by atoms with Crippen LogP contribution in [0.5, 0.6) is 0 Å². The van der Waals surface area contributed by atoms with Gasteiger partial charge in [-0.15, -0.1) is 0 Å². The zero-order valence-electron chi connectivity index (χ0n) is 16.8. The Kier molecular flexibility index (Phi) is 6.33. The topological polar surface area (TPSA) is 123 Å². The molecule has 0 N–H and O–H groups in total. The molecule has 2 aromatic rings. The smallest absolute Gasteiger partial charge is 0.241 e. The van der Waals surface area contributed by atoms with Crippen LogP contribution in [0.2, 0.25) is 0 Å². The van der Waals surface area contributed by atoms with Crippen molar-refractivity contribution in [3.63, 3.8) is 0 Å². The van der Waals surface area contributed by atoms with E-state index >= 15 is 0 Å². The molecule has 0 spiro atoms. The van der Waals surface area contributed by atoms with Gasteiger partial charge in [-0.2, -0.15) is 5.10 Å². The van der Waals surface area contributed by atoms with Gasteiger partial charge in [0.25, 0.3) is 0 Å². The monoisotopic (exact) mass is 441 g/mol. The highest BCUT2D eigenvalue weighted by molar-refractivity contribution is 7.92. The number of carbonyl (C=O) groups excluding carboxylic acids is 2. The van der Waals surface area contributed by atoms with Gasteiger partial charge in [-0.25, -0.2) is 21.1 Å². The summed E-state index contributed by atoms with van der Waals surface area (Å²) in [6.07, 6.45) is 1.43. The van der Waals surface area contributed by atoms with Crippen molar-refractivity contribution in [1.82, 2.24) is 9.78 Å². The van der Waals surface area contributed by atoms with Crippen molar-refractivity contribution in [3.05, 3.63) is 41.2 Å². The van der Waals surface area contributed by atoms with Crippen LogP contribution in [-0.4, -0.2) is 50.8 Å². The number of anilines is 1. The molecule has 0 saturated heterocycles. The minimum atomic E-state index is -3.93. The SMILES string of the molecule is Cc1nn(C)c(C)c1N(C(=O)CCC(=O)c1ccc(S(C)(=O)=O)cc1)S(C)(=O)=O. The molecule has 1 aromatic carbocycles. The average molecular weight is 442 g/mol. The maximum atomic E-state index is 12.7. The summed E-state index contributed by atoms with van der Waals surface area (Å²) in [5, 5.41) is 4.14. The summed E-state index contributed by atoms with van der Waals surface area (Å²) in [5.41, 5.74) is 1.31. The van der Waals surface area contributed by atoms with E-state index in [9.17, 15) is 26.4 Å². The number of benzene rings is 1. The first-order valence-corrected chi connectivity index (χ1v) is 12.3. The van der Waals surface area contributed by atoms with E-state index in [1.54, 1.807) is 20.9 Å². The highest BCUT2D eigenvalue weighted by Crippen LogP contribution is 2.27. The normalized spacial score (nSPS) is 12.0. The number of Topliss-reactive ketones (excluding diaryl/α,β-unsaturated/α-hetero) is 1. The number of sulfonamides is 1. The van der Waals surface area contributed by atoms with Crippen LogP contribution in [0, 0.1) is 13.8 Å². The summed E-state index contributed by atoms with van der Waals surface area (Å²) in [6, 6.07) is 5.37.